The number of halogens is 3. The quantitative estimate of drug-likeness (QED) is 0.512. The van der Waals surface area contributed by atoms with Gasteiger partial charge >= 0.3 is 18.1 Å². The number of aromatic hydroxyl groups is 1. The first-order valence-corrected chi connectivity index (χ1v) is 4.96. The van der Waals surface area contributed by atoms with E-state index in [-0.39, 0.29) is 6.61 Å². The molecule has 20 heavy (non-hydrogen) atoms. The van der Waals surface area contributed by atoms with Gasteiger partial charge < -0.3 is 24.7 Å². The Morgan fingerprint density at radius 1 is 1.55 bits per heavy atom. The number of carbonyl (C=O) groups is 1. The van der Waals surface area contributed by atoms with E-state index in [0.29, 0.717) is 6.20 Å². The van der Waals surface area contributed by atoms with Crippen molar-refractivity contribution in [3.63, 3.8) is 0 Å². The molecule has 0 saturated carbocycles. The molecule has 0 bridgehead atoms. The van der Waals surface area contributed by atoms with Gasteiger partial charge in [-0.3, -0.25) is 0 Å². The number of esters is 1. The van der Waals surface area contributed by atoms with E-state index in [1.807, 2.05) is 0 Å². The van der Waals surface area contributed by atoms with Crippen LogP contribution >= 0.6 is 0 Å². The SMILES string of the molecule is CCOC(=O)c1c(OC(F)(F)F)cnc([N+](=O)[O-])c1O. The summed E-state index contributed by atoms with van der Waals surface area (Å²) in [5.74, 6) is -5.16. The minimum absolute atomic E-state index is 0.222. The summed E-state index contributed by atoms with van der Waals surface area (Å²) in [6, 6.07) is 0. The zero-order valence-electron chi connectivity index (χ0n) is 9.80. The van der Waals surface area contributed by atoms with Crippen molar-refractivity contribution in [1.82, 2.24) is 4.98 Å². The van der Waals surface area contributed by atoms with Gasteiger partial charge in [-0.05, 0) is 16.8 Å². The molecule has 0 unspecified atom stereocenters. The van der Waals surface area contributed by atoms with E-state index in [0.717, 1.165) is 0 Å². The van der Waals surface area contributed by atoms with Gasteiger partial charge in [0.15, 0.2) is 17.5 Å². The summed E-state index contributed by atoms with van der Waals surface area (Å²) >= 11 is 0. The molecule has 0 fully saturated rings. The maximum atomic E-state index is 12.1. The fraction of sp³-hybridized carbons (Fsp3) is 0.333. The number of alkyl halides is 3. The van der Waals surface area contributed by atoms with Crippen molar-refractivity contribution in [3.8, 4) is 11.5 Å². The molecule has 8 nitrogen and oxygen atoms in total. The third-order valence-corrected chi connectivity index (χ3v) is 1.88. The number of pyridine rings is 1. The lowest BCUT2D eigenvalue weighted by molar-refractivity contribution is -0.390. The lowest BCUT2D eigenvalue weighted by atomic mass is 10.2. The Morgan fingerprint density at radius 3 is 2.60 bits per heavy atom. The summed E-state index contributed by atoms with van der Waals surface area (Å²) in [5.41, 5.74) is -1.12. The van der Waals surface area contributed by atoms with Crippen molar-refractivity contribution in [3.05, 3.63) is 21.9 Å². The predicted molar refractivity (Wildman–Crippen MR) is 55.2 cm³/mol. The molecule has 0 radical (unpaired) electrons. The Morgan fingerprint density at radius 2 is 2.15 bits per heavy atom. The van der Waals surface area contributed by atoms with Gasteiger partial charge in [0.2, 0.25) is 5.75 Å². The maximum absolute atomic E-state index is 12.1. The number of nitrogens with zero attached hydrogens (tertiary/aromatic N) is 2. The number of rotatable bonds is 4. The minimum atomic E-state index is -5.18. The van der Waals surface area contributed by atoms with Crippen LogP contribution in [0.2, 0.25) is 0 Å². The molecule has 0 aromatic carbocycles. The largest absolute Gasteiger partial charge is 0.573 e. The Balaban J connectivity index is 3.41. The number of hydrogen-bond donors (Lipinski definition) is 1. The van der Waals surface area contributed by atoms with Crippen LogP contribution < -0.4 is 4.74 Å². The van der Waals surface area contributed by atoms with Crippen molar-refractivity contribution in [2.24, 2.45) is 0 Å². The zero-order chi connectivity index (χ0) is 15.5. The maximum Gasteiger partial charge on any atom is 0.573 e. The molecule has 0 aliphatic heterocycles. The van der Waals surface area contributed by atoms with Crippen molar-refractivity contribution >= 4 is 11.8 Å². The normalized spacial score (nSPS) is 11.0. The van der Waals surface area contributed by atoms with Crippen LogP contribution in [-0.4, -0.2) is 34.0 Å². The molecule has 0 saturated heterocycles. The Kier molecular flexibility index (Phi) is 4.32. The monoisotopic (exact) mass is 296 g/mol. The van der Waals surface area contributed by atoms with Crippen LogP contribution in [0.1, 0.15) is 17.3 Å². The number of carbonyl (C=O) groups excluding carboxylic acids is 1. The number of hydrogen-bond acceptors (Lipinski definition) is 7. The molecule has 1 N–H and O–H groups in total. The van der Waals surface area contributed by atoms with Gasteiger partial charge in [0.1, 0.15) is 0 Å². The standard InChI is InChI=1S/C9H7F3N2O6/c1-2-19-8(16)5-4(20-9(10,11)12)3-13-7(6(5)15)14(17)18/h3,15H,2H2,1H3. The highest BCUT2D eigenvalue weighted by atomic mass is 19.4. The van der Waals surface area contributed by atoms with Crippen LogP contribution in [0.25, 0.3) is 0 Å². The summed E-state index contributed by atoms with van der Waals surface area (Å²) in [6.07, 6.45) is -4.87. The van der Waals surface area contributed by atoms with Crippen LogP contribution in [-0.2, 0) is 4.74 Å². The number of nitro groups is 1. The lowest BCUT2D eigenvalue weighted by Crippen LogP contribution is -2.20. The summed E-state index contributed by atoms with van der Waals surface area (Å²) in [5, 5.41) is 20.0. The second-order valence-corrected chi connectivity index (χ2v) is 3.20. The molecule has 0 atom stereocenters. The number of ether oxygens (including phenoxy) is 2. The molecular formula is C9H7F3N2O6. The highest BCUT2D eigenvalue weighted by Gasteiger charge is 2.37. The Hall–Kier alpha value is -2.59. The molecule has 0 aliphatic rings. The van der Waals surface area contributed by atoms with E-state index in [9.17, 15) is 33.2 Å². The molecule has 1 rings (SSSR count). The molecule has 0 aliphatic carbocycles. The second kappa shape index (κ2) is 5.59. The predicted octanol–water partition coefficient (Wildman–Crippen LogP) is 1.77. The third-order valence-electron chi connectivity index (χ3n) is 1.88. The van der Waals surface area contributed by atoms with Crippen molar-refractivity contribution in [2.75, 3.05) is 6.61 Å². The second-order valence-electron chi connectivity index (χ2n) is 3.20. The van der Waals surface area contributed by atoms with Gasteiger partial charge in [0.25, 0.3) is 0 Å². The van der Waals surface area contributed by atoms with Gasteiger partial charge in [-0.2, -0.15) is 0 Å². The average molecular weight is 296 g/mol. The number of aromatic nitrogens is 1. The molecular weight excluding hydrogens is 289 g/mol. The first-order valence-electron chi connectivity index (χ1n) is 4.96. The first-order chi connectivity index (χ1) is 9.17. The van der Waals surface area contributed by atoms with E-state index in [4.69, 9.17) is 0 Å². The van der Waals surface area contributed by atoms with E-state index in [2.05, 4.69) is 14.5 Å². The molecule has 1 aromatic heterocycles. The average Bonchev–Trinajstić information content (AvgIpc) is 2.26. The highest BCUT2D eigenvalue weighted by Crippen LogP contribution is 2.36. The van der Waals surface area contributed by atoms with Gasteiger partial charge in [-0.25, -0.2) is 4.79 Å². The molecule has 11 heteroatoms. The van der Waals surface area contributed by atoms with Crippen molar-refractivity contribution in [1.29, 1.82) is 0 Å². The topological polar surface area (TPSA) is 112 Å². The Labute approximate surface area is 108 Å². The molecule has 110 valence electrons. The van der Waals surface area contributed by atoms with Gasteiger partial charge in [-0.15, -0.1) is 13.2 Å². The smallest absolute Gasteiger partial charge is 0.500 e. The fourth-order valence-corrected chi connectivity index (χ4v) is 1.21. The fourth-order valence-electron chi connectivity index (χ4n) is 1.21. The summed E-state index contributed by atoms with van der Waals surface area (Å²) < 4.78 is 44.3. The summed E-state index contributed by atoms with van der Waals surface area (Å²) in [4.78, 5) is 23.8. The zero-order valence-corrected chi connectivity index (χ0v) is 9.80. The van der Waals surface area contributed by atoms with Crippen LogP contribution in [0.4, 0.5) is 19.0 Å². The van der Waals surface area contributed by atoms with E-state index in [1.165, 1.54) is 6.92 Å². The molecule has 1 aromatic rings. The van der Waals surface area contributed by atoms with E-state index >= 15 is 0 Å². The highest BCUT2D eigenvalue weighted by molar-refractivity contribution is 5.96. The van der Waals surface area contributed by atoms with E-state index in [1.54, 1.807) is 0 Å². The first kappa shape index (κ1) is 15.5. The van der Waals surface area contributed by atoms with Crippen molar-refractivity contribution in [2.45, 2.75) is 13.3 Å². The van der Waals surface area contributed by atoms with E-state index < -0.39 is 40.1 Å². The minimum Gasteiger partial charge on any atom is -0.500 e. The van der Waals surface area contributed by atoms with Gasteiger partial charge in [0, 0.05) is 0 Å². The lowest BCUT2D eigenvalue weighted by Gasteiger charge is -2.12. The van der Waals surface area contributed by atoms with Crippen LogP contribution in [0, 0.1) is 10.1 Å². The molecule has 0 spiro atoms. The van der Waals surface area contributed by atoms with Crippen LogP contribution in [0.5, 0.6) is 11.5 Å². The van der Waals surface area contributed by atoms with Gasteiger partial charge in [0.05, 0.1) is 6.61 Å². The molecule has 1 heterocycles. The van der Waals surface area contributed by atoms with Crippen molar-refractivity contribution < 1.29 is 37.5 Å². The summed E-state index contributed by atoms with van der Waals surface area (Å²) in [6.45, 7) is 1.13. The van der Waals surface area contributed by atoms with Crippen LogP contribution in [0.15, 0.2) is 6.20 Å². The van der Waals surface area contributed by atoms with Gasteiger partial charge in [-0.1, -0.05) is 0 Å². The molecule has 0 amide bonds. The summed E-state index contributed by atoms with van der Waals surface area (Å²) in [7, 11) is 0. The third kappa shape index (κ3) is 3.46. The Bertz CT molecular complexity index is 545. The van der Waals surface area contributed by atoms with Crippen LogP contribution in [0.3, 0.4) is 0 Å².